The number of fused-ring (bicyclic) bond motifs is 7. The molecule has 0 saturated carbocycles. The second-order valence-corrected chi connectivity index (χ2v) is 14.2. The van der Waals surface area contributed by atoms with Gasteiger partial charge in [0.05, 0.1) is 40.7 Å². The minimum atomic E-state index is -1.27. The Bertz CT molecular complexity index is 1870. The maximum Gasteiger partial charge on any atom is 0.337 e. The highest BCUT2D eigenvalue weighted by atomic mass is 19.1. The van der Waals surface area contributed by atoms with Crippen LogP contribution in [0, 0.1) is 19.7 Å². The van der Waals surface area contributed by atoms with E-state index in [1.54, 1.807) is 17.5 Å². The number of halogens is 1. The van der Waals surface area contributed by atoms with E-state index in [9.17, 15) is 9.90 Å². The van der Waals surface area contributed by atoms with E-state index < -0.39 is 17.7 Å². The van der Waals surface area contributed by atoms with Crippen LogP contribution in [0.25, 0.3) is 28.0 Å². The van der Waals surface area contributed by atoms with Crippen LogP contribution in [0.3, 0.4) is 0 Å². The predicted octanol–water partition coefficient (Wildman–Crippen LogP) is 7.86. The fourth-order valence-corrected chi connectivity index (χ4v) is 6.52. The van der Waals surface area contributed by atoms with Gasteiger partial charge in [0.2, 0.25) is 0 Å². The molecule has 7 rings (SSSR count). The van der Waals surface area contributed by atoms with Crippen molar-refractivity contribution in [3.63, 3.8) is 0 Å². The molecule has 0 aliphatic carbocycles. The van der Waals surface area contributed by atoms with Crippen LogP contribution in [-0.4, -0.2) is 62.7 Å². The lowest BCUT2D eigenvalue weighted by Crippen LogP contribution is -2.45. The predicted molar refractivity (Wildman–Crippen MR) is 184 cm³/mol. The smallest absolute Gasteiger partial charge is 0.337 e. The molecule has 2 aromatic carbocycles. The average molecular weight is 657 g/mol. The molecule has 254 valence electrons. The molecule has 3 aliphatic rings. The topological polar surface area (TPSA) is 98.4 Å². The fraction of sp³-hybridized carbons (Fsp3) is 0.447. The fourth-order valence-electron chi connectivity index (χ4n) is 6.52. The van der Waals surface area contributed by atoms with E-state index >= 15 is 4.39 Å². The first-order valence-corrected chi connectivity index (χ1v) is 16.6. The number of carboxylic acid groups (broad SMARTS) is 1. The number of piperidine rings is 1. The first kappa shape index (κ1) is 33.6. The zero-order valence-corrected chi connectivity index (χ0v) is 28.8. The van der Waals surface area contributed by atoms with Crippen LogP contribution >= 0.6 is 0 Å². The van der Waals surface area contributed by atoms with Gasteiger partial charge in [-0.2, -0.15) is 9.61 Å². The highest BCUT2D eigenvalue weighted by Gasteiger charge is 2.38. The average Bonchev–Trinajstić information content (AvgIpc) is 3.44. The maximum atomic E-state index is 15.9. The van der Waals surface area contributed by atoms with E-state index in [2.05, 4.69) is 11.8 Å². The van der Waals surface area contributed by atoms with Gasteiger partial charge in [-0.3, -0.25) is 0 Å². The number of carboxylic acids is 1. The number of aromatic nitrogens is 3. The molecule has 10 heteroatoms. The lowest BCUT2D eigenvalue weighted by Gasteiger charge is -2.41. The van der Waals surface area contributed by atoms with Gasteiger partial charge in [0.25, 0.3) is 0 Å². The van der Waals surface area contributed by atoms with Gasteiger partial charge in [0, 0.05) is 36.8 Å². The minimum Gasteiger partial charge on any atom is -0.490 e. The van der Waals surface area contributed by atoms with Crippen LogP contribution in [0.1, 0.15) is 76.8 Å². The SMILES string of the molecule is Cc1ccc2c(c1F)-c1cccc(c1)-c1cc3nc(C)c([C@H](OC(C)(C)C)C(=O)O)c(n3n1)N1CCC(C)(CC1)OC/C=C/C[C@@H](C)O2. The molecule has 0 spiro atoms. The van der Waals surface area contributed by atoms with Crippen molar-refractivity contribution in [1.29, 1.82) is 0 Å². The number of hydrogen-bond acceptors (Lipinski definition) is 7. The molecule has 0 amide bonds. The van der Waals surface area contributed by atoms with Crippen molar-refractivity contribution in [2.75, 3.05) is 24.6 Å². The Labute approximate surface area is 281 Å². The molecule has 2 aromatic heterocycles. The van der Waals surface area contributed by atoms with Crippen molar-refractivity contribution in [3.8, 4) is 28.1 Å². The molecule has 0 unspecified atom stereocenters. The lowest BCUT2D eigenvalue weighted by atomic mass is 9.92. The molecular formula is C38H45FN4O5. The molecule has 1 fully saturated rings. The largest absolute Gasteiger partial charge is 0.490 e. The molecule has 1 N–H and O–H groups in total. The first-order chi connectivity index (χ1) is 22.7. The number of aryl methyl sites for hydroxylation is 2. The molecule has 1 saturated heterocycles. The van der Waals surface area contributed by atoms with E-state index in [1.807, 2.05) is 83.2 Å². The maximum absolute atomic E-state index is 15.9. The van der Waals surface area contributed by atoms with E-state index in [0.717, 1.165) is 18.4 Å². The number of ether oxygens (including phenoxy) is 3. The van der Waals surface area contributed by atoms with Crippen molar-refractivity contribution in [2.45, 2.75) is 91.1 Å². The van der Waals surface area contributed by atoms with Gasteiger partial charge < -0.3 is 24.2 Å². The van der Waals surface area contributed by atoms with Crippen molar-refractivity contribution >= 4 is 17.4 Å². The third kappa shape index (κ3) is 6.82. The van der Waals surface area contributed by atoms with Crippen molar-refractivity contribution < 1.29 is 28.5 Å². The summed E-state index contributed by atoms with van der Waals surface area (Å²) >= 11 is 0. The summed E-state index contributed by atoms with van der Waals surface area (Å²) in [6, 6.07) is 13.0. The zero-order valence-electron chi connectivity index (χ0n) is 28.8. The molecule has 48 heavy (non-hydrogen) atoms. The van der Waals surface area contributed by atoms with Crippen LogP contribution < -0.4 is 9.64 Å². The molecule has 5 heterocycles. The van der Waals surface area contributed by atoms with Crippen LogP contribution in [-0.2, 0) is 14.3 Å². The highest BCUT2D eigenvalue weighted by molar-refractivity contribution is 5.80. The Balaban J connectivity index is 1.56. The summed E-state index contributed by atoms with van der Waals surface area (Å²) < 4.78 is 36.5. The van der Waals surface area contributed by atoms with E-state index in [1.165, 1.54) is 0 Å². The normalized spacial score (nSPS) is 21.5. The molecule has 9 nitrogen and oxygen atoms in total. The Morgan fingerprint density at radius 1 is 1.10 bits per heavy atom. The lowest BCUT2D eigenvalue weighted by molar-refractivity contribution is -0.160. The van der Waals surface area contributed by atoms with Gasteiger partial charge in [-0.1, -0.05) is 36.4 Å². The van der Waals surface area contributed by atoms with Gasteiger partial charge in [-0.15, -0.1) is 0 Å². The van der Waals surface area contributed by atoms with Crippen molar-refractivity contribution in [3.05, 3.63) is 77.3 Å². The zero-order chi connectivity index (χ0) is 34.4. The van der Waals surface area contributed by atoms with Crippen LogP contribution in [0.2, 0.25) is 0 Å². The standard InChI is InChI=1S/C38H45FN4O5/c1-23-14-15-29-32(33(23)39)27-13-10-12-26(21-27)28-22-30-40-25(3)31(34(36(44)45)48-37(4,5)6)35(43(30)41-28)42-18-16-38(7,17-19-42)46-20-9-8-11-24(2)47-29/h8-10,12-15,21-22,24,34H,11,16-20H2,1-7H3,(H,44,45)/b9-8+/t24-,34+/m1/s1. The van der Waals surface area contributed by atoms with Gasteiger partial charge in [-0.05, 0) is 84.6 Å². The molecular weight excluding hydrogens is 611 g/mol. The van der Waals surface area contributed by atoms with Gasteiger partial charge in [0.15, 0.2) is 11.8 Å². The van der Waals surface area contributed by atoms with Crippen LogP contribution in [0.4, 0.5) is 10.2 Å². The Morgan fingerprint density at radius 3 is 2.54 bits per heavy atom. The third-order valence-electron chi connectivity index (χ3n) is 9.12. The summed E-state index contributed by atoms with van der Waals surface area (Å²) in [5, 5.41) is 15.5. The summed E-state index contributed by atoms with van der Waals surface area (Å²) in [6.07, 6.45) is 4.71. The van der Waals surface area contributed by atoms with E-state index in [0.29, 0.717) is 77.0 Å². The third-order valence-corrected chi connectivity index (χ3v) is 9.12. The highest BCUT2D eigenvalue weighted by Crippen LogP contribution is 2.40. The number of anilines is 1. The number of aliphatic carboxylic acids is 1. The second-order valence-electron chi connectivity index (χ2n) is 14.2. The summed E-state index contributed by atoms with van der Waals surface area (Å²) in [5.74, 6) is -0.321. The Hall–Kier alpha value is -4.28. The number of rotatable bonds is 3. The van der Waals surface area contributed by atoms with E-state index in [4.69, 9.17) is 24.3 Å². The number of nitrogens with zero attached hydrogens (tertiary/aromatic N) is 4. The van der Waals surface area contributed by atoms with Gasteiger partial charge >= 0.3 is 5.97 Å². The number of benzene rings is 2. The van der Waals surface area contributed by atoms with Crippen molar-refractivity contribution in [2.24, 2.45) is 0 Å². The second kappa shape index (κ2) is 13.0. The Kier molecular flexibility index (Phi) is 9.08. The van der Waals surface area contributed by atoms with Crippen molar-refractivity contribution in [1.82, 2.24) is 14.6 Å². The first-order valence-electron chi connectivity index (χ1n) is 16.6. The van der Waals surface area contributed by atoms with Gasteiger partial charge in [-0.25, -0.2) is 14.2 Å². The molecule has 6 bridgehead atoms. The molecule has 2 atom stereocenters. The van der Waals surface area contributed by atoms with Crippen LogP contribution in [0.5, 0.6) is 5.75 Å². The summed E-state index contributed by atoms with van der Waals surface area (Å²) in [6.45, 7) is 14.9. The minimum absolute atomic E-state index is 0.188. The number of carbonyl (C=O) groups is 1. The summed E-state index contributed by atoms with van der Waals surface area (Å²) in [7, 11) is 0. The Morgan fingerprint density at radius 2 is 1.83 bits per heavy atom. The monoisotopic (exact) mass is 656 g/mol. The number of hydrogen-bond donors (Lipinski definition) is 1. The van der Waals surface area contributed by atoms with Gasteiger partial charge in [0.1, 0.15) is 17.4 Å². The summed E-state index contributed by atoms with van der Waals surface area (Å²) in [5.41, 5.74) is 3.49. The summed E-state index contributed by atoms with van der Waals surface area (Å²) in [4.78, 5) is 19.8. The van der Waals surface area contributed by atoms with Crippen LogP contribution in [0.15, 0.2) is 54.6 Å². The van der Waals surface area contributed by atoms with E-state index in [-0.39, 0.29) is 17.5 Å². The molecule has 4 aromatic rings. The molecule has 3 aliphatic heterocycles. The quantitative estimate of drug-likeness (QED) is 0.223. The molecule has 0 radical (unpaired) electrons.